The van der Waals surface area contributed by atoms with Crippen LogP contribution in [0, 0.1) is 6.92 Å². The number of carbonyl (C=O) groups excluding carboxylic acids is 1. The van der Waals surface area contributed by atoms with Gasteiger partial charge < -0.3 is 4.57 Å². The number of hydrogen-bond donors (Lipinski definition) is 1. The van der Waals surface area contributed by atoms with Crippen molar-refractivity contribution in [2.24, 2.45) is 5.10 Å². The lowest BCUT2D eigenvalue weighted by atomic mass is 10.0. The number of amides is 1. The first kappa shape index (κ1) is 19.8. The van der Waals surface area contributed by atoms with Crippen molar-refractivity contribution in [3.05, 3.63) is 119 Å². The van der Waals surface area contributed by atoms with Gasteiger partial charge in [-0.25, -0.2) is 5.43 Å². The fraction of sp³-hybridized carbons (Fsp3) is 0.0714. The molecule has 1 amide bonds. The van der Waals surface area contributed by atoms with Gasteiger partial charge in [-0.3, -0.25) is 4.79 Å². The van der Waals surface area contributed by atoms with Crippen LogP contribution in [0.2, 0.25) is 0 Å². The molecule has 0 radical (unpaired) electrons. The van der Waals surface area contributed by atoms with Gasteiger partial charge in [0.2, 0.25) is 0 Å². The second kappa shape index (κ2) is 8.52. The van der Waals surface area contributed by atoms with E-state index >= 15 is 0 Å². The highest BCUT2D eigenvalue weighted by atomic mass is 16.2. The van der Waals surface area contributed by atoms with Crippen LogP contribution in [0.25, 0.3) is 21.7 Å². The molecule has 0 bridgehead atoms. The number of hydrazone groups is 1. The van der Waals surface area contributed by atoms with E-state index in [-0.39, 0.29) is 5.91 Å². The molecule has 0 saturated heterocycles. The third-order valence-electron chi connectivity index (χ3n) is 5.80. The first-order valence-corrected chi connectivity index (χ1v) is 10.6. The zero-order valence-electron chi connectivity index (χ0n) is 17.8. The maximum Gasteiger partial charge on any atom is 0.271 e. The van der Waals surface area contributed by atoms with Gasteiger partial charge in [0.25, 0.3) is 5.91 Å². The van der Waals surface area contributed by atoms with E-state index in [0.29, 0.717) is 5.56 Å². The zero-order valence-corrected chi connectivity index (χ0v) is 17.8. The number of para-hydroxylation sites is 1. The van der Waals surface area contributed by atoms with Gasteiger partial charge in [0, 0.05) is 34.8 Å². The number of carbonyl (C=O) groups is 1. The maximum atomic E-state index is 12.5. The molecular weight excluding hydrogens is 394 g/mol. The average Bonchev–Trinajstić information content (AvgIpc) is 3.17. The Morgan fingerprint density at radius 2 is 1.59 bits per heavy atom. The van der Waals surface area contributed by atoms with Crippen molar-refractivity contribution in [1.82, 2.24) is 9.99 Å². The van der Waals surface area contributed by atoms with Gasteiger partial charge in [-0.05, 0) is 41.0 Å². The normalized spacial score (nSPS) is 11.4. The van der Waals surface area contributed by atoms with Gasteiger partial charge in [0.15, 0.2) is 0 Å². The summed E-state index contributed by atoms with van der Waals surface area (Å²) in [7, 11) is 0. The largest absolute Gasteiger partial charge is 0.342 e. The summed E-state index contributed by atoms with van der Waals surface area (Å²) < 4.78 is 2.24. The Hall–Kier alpha value is -4.18. The smallest absolute Gasteiger partial charge is 0.271 e. The minimum atomic E-state index is -0.209. The van der Waals surface area contributed by atoms with Crippen LogP contribution in [0.1, 0.15) is 27.0 Å². The number of nitrogens with one attached hydrogen (secondary N) is 1. The van der Waals surface area contributed by atoms with Gasteiger partial charge in [-0.15, -0.1) is 0 Å². The fourth-order valence-electron chi connectivity index (χ4n) is 4.17. The summed E-state index contributed by atoms with van der Waals surface area (Å²) in [4.78, 5) is 12.5. The number of hydrogen-bond acceptors (Lipinski definition) is 2. The monoisotopic (exact) mass is 417 g/mol. The zero-order chi connectivity index (χ0) is 21.9. The summed E-state index contributed by atoms with van der Waals surface area (Å²) in [5, 5.41) is 7.84. The Balaban J connectivity index is 1.45. The van der Waals surface area contributed by atoms with Crippen LogP contribution in [0.5, 0.6) is 0 Å². The second-order valence-electron chi connectivity index (χ2n) is 7.88. The molecule has 1 heterocycles. The van der Waals surface area contributed by atoms with Crippen molar-refractivity contribution >= 4 is 33.8 Å². The first-order chi connectivity index (χ1) is 15.7. The predicted octanol–water partition coefficient (Wildman–Crippen LogP) is 5.92. The summed E-state index contributed by atoms with van der Waals surface area (Å²) in [6.45, 7) is 2.67. The molecule has 4 heteroatoms. The van der Waals surface area contributed by atoms with Crippen LogP contribution in [0.15, 0.2) is 102 Å². The number of nitrogens with zero attached hydrogens (tertiary/aromatic N) is 2. The minimum absolute atomic E-state index is 0.209. The first-order valence-electron chi connectivity index (χ1n) is 10.6. The van der Waals surface area contributed by atoms with E-state index in [1.807, 2.05) is 37.3 Å². The van der Waals surface area contributed by atoms with Gasteiger partial charge in [-0.1, -0.05) is 78.9 Å². The Labute approximate surface area is 186 Å². The minimum Gasteiger partial charge on any atom is -0.342 e. The highest BCUT2D eigenvalue weighted by Crippen LogP contribution is 2.24. The summed E-state index contributed by atoms with van der Waals surface area (Å²) in [6.07, 6.45) is 3.81. The van der Waals surface area contributed by atoms with Gasteiger partial charge in [0.1, 0.15) is 0 Å². The van der Waals surface area contributed by atoms with E-state index in [1.165, 1.54) is 16.3 Å². The molecule has 0 unspecified atom stereocenters. The molecule has 4 aromatic carbocycles. The fourth-order valence-corrected chi connectivity index (χ4v) is 4.17. The topological polar surface area (TPSA) is 46.4 Å². The highest BCUT2D eigenvalue weighted by Gasteiger charge is 2.10. The van der Waals surface area contributed by atoms with Crippen LogP contribution in [-0.2, 0) is 6.54 Å². The molecule has 0 saturated carbocycles. The summed E-state index contributed by atoms with van der Waals surface area (Å²) in [6, 6.07) is 30.6. The van der Waals surface area contributed by atoms with Crippen LogP contribution in [0.3, 0.4) is 0 Å². The molecule has 0 atom stereocenters. The molecule has 0 aliphatic carbocycles. The molecular formula is C28H23N3O. The summed E-state index contributed by atoms with van der Waals surface area (Å²) >= 11 is 0. The summed E-state index contributed by atoms with van der Waals surface area (Å²) in [5.74, 6) is -0.209. The highest BCUT2D eigenvalue weighted by molar-refractivity contribution is 6.01. The van der Waals surface area contributed by atoms with E-state index in [2.05, 4.69) is 75.9 Å². The van der Waals surface area contributed by atoms with Crippen LogP contribution >= 0.6 is 0 Å². The molecule has 0 fully saturated rings. The third-order valence-corrected chi connectivity index (χ3v) is 5.80. The van der Waals surface area contributed by atoms with Crippen LogP contribution in [-0.4, -0.2) is 16.7 Å². The Morgan fingerprint density at radius 3 is 2.47 bits per heavy atom. The quantitative estimate of drug-likeness (QED) is 0.280. The van der Waals surface area contributed by atoms with Crippen molar-refractivity contribution < 1.29 is 4.79 Å². The Kier molecular flexibility index (Phi) is 5.26. The van der Waals surface area contributed by atoms with E-state index < -0.39 is 0 Å². The van der Waals surface area contributed by atoms with Crippen molar-refractivity contribution in [3.8, 4) is 0 Å². The number of rotatable bonds is 5. The predicted molar refractivity (Wildman–Crippen MR) is 131 cm³/mol. The van der Waals surface area contributed by atoms with Crippen LogP contribution < -0.4 is 5.43 Å². The number of fused-ring (bicyclic) bond motifs is 2. The van der Waals surface area contributed by atoms with Crippen molar-refractivity contribution in [2.45, 2.75) is 13.5 Å². The maximum absolute atomic E-state index is 12.5. The number of benzene rings is 4. The van der Waals surface area contributed by atoms with Gasteiger partial charge in [0.05, 0.1) is 6.21 Å². The van der Waals surface area contributed by atoms with Crippen molar-refractivity contribution in [1.29, 1.82) is 0 Å². The lowest BCUT2D eigenvalue weighted by molar-refractivity contribution is 0.0954. The number of aromatic nitrogens is 1. The molecule has 5 rings (SSSR count). The lowest BCUT2D eigenvalue weighted by Crippen LogP contribution is -2.18. The summed E-state index contributed by atoms with van der Waals surface area (Å²) in [5.41, 5.74) is 7.57. The van der Waals surface area contributed by atoms with Crippen molar-refractivity contribution in [3.63, 3.8) is 0 Å². The molecule has 0 aliphatic rings. The second-order valence-corrected chi connectivity index (χ2v) is 7.88. The molecule has 156 valence electrons. The molecule has 32 heavy (non-hydrogen) atoms. The molecule has 0 spiro atoms. The van der Waals surface area contributed by atoms with E-state index in [0.717, 1.165) is 28.6 Å². The van der Waals surface area contributed by atoms with Crippen molar-refractivity contribution in [2.75, 3.05) is 0 Å². The van der Waals surface area contributed by atoms with Gasteiger partial charge >= 0.3 is 0 Å². The molecule has 1 aromatic heterocycles. The lowest BCUT2D eigenvalue weighted by Gasteiger charge is -2.09. The molecule has 4 nitrogen and oxygen atoms in total. The van der Waals surface area contributed by atoms with E-state index in [1.54, 1.807) is 12.3 Å². The van der Waals surface area contributed by atoms with E-state index in [9.17, 15) is 4.79 Å². The standard InChI is InChI=1S/C28H23N3O/c1-20-9-2-4-13-24(20)28(32)30-29-17-23-19-31(27-16-7-6-15-26(23)27)18-22-12-8-11-21-10-3-5-14-25(21)22/h2-17,19H,18H2,1H3,(H,30,32)/b29-17-. The molecule has 5 aromatic rings. The third kappa shape index (κ3) is 3.79. The van der Waals surface area contributed by atoms with Crippen LogP contribution in [0.4, 0.5) is 0 Å². The van der Waals surface area contributed by atoms with E-state index in [4.69, 9.17) is 0 Å². The Bertz CT molecular complexity index is 1460. The average molecular weight is 418 g/mol. The number of aryl methyl sites for hydroxylation is 1. The SMILES string of the molecule is Cc1ccccc1C(=O)N/N=C\c1cn(Cc2cccc3ccccc23)c2ccccc12. The van der Waals surface area contributed by atoms with Gasteiger partial charge in [-0.2, -0.15) is 5.10 Å². The molecule has 1 N–H and O–H groups in total. The molecule has 0 aliphatic heterocycles. The Morgan fingerprint density at radius 1 is 0.875 bits per heavy atom.